The van der Waals surface area contributed by atoms with Crippen LogP contribution in [-0.2, 0) is 0 Å². The van der Waals surface area contributed by atoms with Crippen molar-refractivity contribution in [1.82, 2.24) is 15.0 Å². The lowest BCUT2D eigenvalue weighted by molar-refractivity contribution is 0.0972. The van der Waals surface area contributed by atoms with Crippen molar-refractivity contribution in [1.29, 1.82) is 0 Å². The van der Waals surface area contributed by atoms with E-state index in [0.717, 1.165) is 5.69 Å². The van der Waals surface area contributed by atoms with Crippen LogP contribution in [0.4, 0.5) is 0 Å². The topological polar surface area (TPSA) is 78.6 Å². The fourth-order valence-corrected chi connectivity index (χ4v) is 1.84. The van der Waals surface area contributed by atoms with Gasteiger partial charge in [0.2, 0.25) is 11.6 Å². The van der Waals surface area contributed by atoms with Gasteiger partial charge in [0.05, 0.1) is 11.9 Å². The third kappa shape index (κ3) is 0.890. The molecule has 2 aromatic heterocycles. The molecule has 0 aliphatic heterocycles. The molecule has 0 fully saturated rings. The first-order valence-corrected chi connectivity index (χ1v) is 4.51. The molecule has 0 radical (unpaired) electrons. The highest BCUT2D eigenvalue weighted by atomic mass is 16.1. The summed E-state index contributed by atoms with van der Waals surface area (Å²) in [5, 5.41) is 0. The van der Waals surface area contributed by atoms with E-state index in [1.807, 2.05) is 0 Å². The summed E-state index contributed by atoms with van der Waals surface area (Å²) < 4.78 is 0. The van der Waals surface area contributed by atoms with Crippen molar-refractivity contribution < 1.29 is 9.59 Å². The Morgan fingerprint density at radius 3 is 2.80 bits per heavy atom. The minimum atomic E-state index is -0.228. The Morgan fingerprint density at radius 2 is 2.00 bits per heavy atom. The molecule has 0 atom stereocenters. The number of hydrogen-bond donors (Lipinski definition) is 2. The number of nitrogens with one attached hydrogen (secondary N) is 2. The zero-order valence-corrected chi connectivity index (χ0v) is 7.92. The first kappa shape index (κ1) is 8.16. The quantitative estimate of drug-likeness (QED) is 0.565. The fourth-order valence-electron chi connectivity index (χ4n) is 1.84. The van der Waals surface area contributed by atoms with Crippen LogP contribution in [0.3, 0.4) is 0 Å². The third-order valence-electron chi connectivity index (χ3n) is 2.51. The summed E-state index contributed by atoms with van der Waals surface area (Å²) in [6.07, 6.45) is 1.36. The molecule has 1 aliphatic carbocycles. The average molecular weight is 201 g/mol. The summed E-state index contributed by atoms with van der Waals surface area (Å²) in [7, 11) is 0. The first-order chi connectivity index (χ1) is 7.18. The summed E-state index contributed by atoms with van der Waals surface area (Å²) in [6.45, 7) is 1.81. The summed E-state index contributed by atoms with van der Waals surface area (Å²) >= 11 is 0. The molecule has 74 valence electrons. The van der Waals surface area contributed by atoms with Gasteiger partial charge in [0.15, 0.2) is 0 Å². The molecule has 0 spiro atoms. The number of aromatic amines is 2. The van der Waals surface area contributed by atoms with Gasteiger partial charge < -0.3 is 9.97 Å². The van der Waals surface area contributed by atoms with Gasteiger partial charge in [0.1, 0.15) is 17.1 Å². The SMILES string of the molecule is Cc1cc2c([nH]1)C(=O)c1nc[nH]c1C2=O. The smallest absolute Gasteiger partial charge is 0.230 e. The molecule has 0 aromatic carbocycles. The van der Waals surface area contributed by atoms with Crippen LogP contribution in [-0.4, -0.2) is 26.5 Å². The Bertz CT molecular complexity index is 544. The first-order valence-electron chi connectivity index (χ1n) is 4.51. The second-order valence-electron chi connectivity index (χ2n) is 3.53. The number of H-pyrrole nitrogens is 2. The third-order valence-corrected chi connectivity index (χ3v) is 2.51. The lowest BCUT2D eigenvalue weighted by Crippen LogP contribution is -2.19. The number of aromatic nitrogens is 3. The minimum Gasteiger partial charge on any atom is -0.355 e. The van der Waals surface area contributed by atoms with Crippen LogP contribution in [0.5, 0.6) is 0 Å². The van der Waals surface area contributed by atoms with Crippen molar-refractivity contribution >= 4 is 11.6 Å². The number of fused-ring (bicyclic) bond motifs is 2. The maximum atomic E-state index is 11.9. The highest BCUT2D eigenvalue weighted by Crippen LogP contribution is 2.24. The predicted molar refractivity (Wildman–Crippen MR) is 51.0 cm³/mol. The van der Waals surface area contributed by atoms with Crippen LogP contribution in [0.1, 0.15) is 37.9 Å². The molecular weight excluding hydrogens is 194 g/mol. The Hall–Kier alpha value is -2.17. The van der Waals surface area contributed by atoms with Crippen molar-refractivity contribution in [3.8, 4) is 0 Å². The molecule has 2 N–H and O–H groups in total. The van der Waals surface area contributed by atoms with Crippen molar-refractivity contribution in [2.45, 2.75) is 6.92 Å². The lowest BCUT2D eigenvalue weighted by Gasteiger charge is -2.07. The van der Waals surface area contributed by atoms with Crippen molar-refractivity contribution in [2.24, 2.45) is 0 Å². The summed E-state index contributed by atoms with van der Waals surface area (Å²) in [5.74, 6) is -0.407. The van der Waals surface area contributed by atoms with Gasteiger partial charge in [-0.05, 0) is 13.0 Å². The van der Waals surface area contributed by atoms with Crippen molar-refractivity contribution in [2.75, 3.05) is 0 Å². The normalized spacial score (nSPS) is 13.9. The number of nitrogens with zero attached hydrogens (tertiary/aromatic N) is 1. The standard InChI is InChI=1S/C10H7N3O2/c1-4-2-5-6(13-4)10(15)8-7(9(5)14)11-3-12-8/h2-3,13H,1H3,(H,11,12). The molecule has 0 saturated carbocycles. The number of rotatable bonds is 0. The van der Waals surface area contributed by atoms with Gasteiger partial charge >= 0.3 is 0 Å². The minimum absolute atomic E-state index is 0.179. The average Bonchev–Trinajstić information content (AvgIpc) is 2.79. The van der Waals surface area contributed by atoms with E-state index in [1.165, 1.54) is 6.33 Å². The van der Waals surface area contributed by atoms with E-state index < -0.39 is 0 Å². The Labute approximate surface area is 84.5 Å². The largest absolute Gasteiger partial charge is 0.355 e. The maximum absolute atomic E-state index is 11.9. The van der Waals surface area contributed by atoms with Crippen LogP contribution in [0.25, 0.3) is 0 Å². The maximum Gasteiger partial charge on any atom is 0.230 e. The monoisotopic (exact) mass is 201 g/mol. The van der Waals surface area contributed by atoms with Gasteiger partial charge in [-0.2, -0.15) is 0 Å². The molecule has 15 heavy (non-hydrogen) atoms. The van der Waals surface area contributed by atoms with E-state index in [1.54, 1.807) is 13.0 Å². The summed E-state index contributed by atoms with van der Waals surface area (Å²) in [4.78, 5) is 33.2. The molecule has 0 bridgehead atoms. The molecule has 1 aliphatic rings. The molecule has 2 heterocycles. The Balaban J connectivity index is 2.34. The van der Waals surface area contributed by atoms with Gasteiger partial charge in [0, 0.05) is 5.69 Å². The number of ketones is 2. The van der Waals surface area contributed by atoms with Crippen LogP contribution in [0.15, 0.2) is 12.4 Å². The highest BCUT2D eigenvalue weighted by molar-refractivity contribution is 6.26. The molecule has 2 aromatic rings. The van der Waals surface area contributed by atoms with Crippen molar-refractivity contribution in [3.63, 3.8) is 0 Å². The van der Waals surface area contributed by atoms with E-state index >= 15 is 0 Å². The molecule has 0 saturated heterocycles. The summed E-state index contributed by atoms with van der Waals surface area (Å²) in [5.41, 5.74) is 2.05. The number of aryl methyl sites for hydroxylation is 1. The lowest BCUT2D eigenvalue weighted by atomic mass is 9.96. The highest BCUT2D eigenvalue weighted by Gasteiger charge is 2.33. The molecule has 3 rings (SSSR count). The van der Waals surface area contributed by atoms with E-state index in [-0.39, 0.29) is 23.0 Å². The van der Waals surface area contributed by atoms with Crippen LogP contribution < -0.4 is 0 Å². The number of carbonyl (C=O) groups excluding carboxylic acids is 2. The number of carbonyl (C=O) groups is 2. The number of imidazole rings is 1. The molecule has 5 nitrogen and oxygen atoms in total. The van der Waals surface area contributed by atoms with Gasteiger partial charge in [-0.15, -0.1) is 0 Å². The van der Waals surface area contributed by atoms with Gasteiger partial charge in [-0.25, -0.2) is 4.98 Å². The zero-order chi connectivity index (χ0) is 10.6. The van der Waals surface area contributed by atoms with E-state index in [2.05, 4.69) is 15.0 Å². The van der Waals surface area contributed by atoms with E-state index in [4.69, 9.17) is 0 Å². The number of hydrogen-bond acceptors (Lipinski definition) is 3. The van der Waals surface area contributed by atoms with E-state index in [0.29, 0.717) is 11.3 Å². The Kier molecular flexibility index (Phi) is 1.33. The van der Waals surface area contributed by atoms with Gasteiger partial charge in [0.25, 0.3) is 0 Å². The Morgan fingerprint density at radius 1 is 1.20 bits per heavy atom. The predicted octanol–water partition coefficient (Wildman–Crippen LogP) is 0.822. The molecule has 5 heteroatoms. The van der Waals surface area contributed by atoms with Crippen LogP contribution in [0.2, 0.25) is 0 Å². The molecule has 0 amide bonds. The van der Waals surface area contributed by atoms with E-state index in [9.17, 15) is 9.59 Å². The van der Waals surface area contributed by atoms with Crippen molar-refractivity contribution in [3.05, 3.63) is 40.7 Å². The zero-order valence-electron chi connectivity index (χ0n) is 7.92. The van der Waals surface area contributed by atoms with Gasteiger partial charge in [-0.1, -0.05) is 0 Å². The molecule has 0 unspecified atom stereocenters. The second-order valence-corrected chi connectivity index (χ2v) is 3.53. The van der Waals surface area contributed by atoms with Crippen LogP contribution >= 0.6 is 0 Å². The summed E-state index contributed by atoms with van der Waals surface area (Å²) in [6, 6.07) is 1.68. The fraction of sp³-hybridized carbons (Fsp3) is 0.100. The van der Waals surface area contributed by atoms with Crippen LogP contribution in [0, 0.1) is 6.92 Å². The second kappa shape index (κ2) is 2.44. The molecular formula is C10H7N3O2. The van der Waals surface area contributed by atoms with Gasteiger partial charge in [-0.3, -0.25) is 9.59 Å².